The van der Waals surface area contributed by atoms with E-state index in [0.29, 0.717) is 17.8 Å². The number of nitrogens with zero attached hydrogens (tertiary/aromatic N) is 1. The minimum Gasteiger partial charge on any atom is -0.312 e. The lowest BCUT2D eigenvalue weighted by atomic mass is 10.0. The van der Waals surface area contributed by atoms with Gasteiger partial charge in [-0.25, -0.2) is 8.42 Å². The third kappa shape index (κ3) is 3.54. The standard InChI is InChI=1S/C19H22N2O3S/c1-13-6-7-14(2)19(11-13)25(23,24)20-17-9-8-16-5-4-10-21(15(3)22)18(16)12-17/h6-9,11-12,20H,4-5,10H2,1-3H3. The van der Waals surface area contributed by atoms with E-state index in [9.17, 15) is 13.2 Å². The number of sulfonamides is 1. The van der Waals surface area contributed by atoms with Gasteiger partial charge in [0.2, 0.25) is 5.91 Å². The van der Waals surface area contributed by atoms with Crippen molar-refractivity contribution in [3.63, 3.8) is 0 Å². The van der Waals surface area contributed by atoms with E-state index in [2.05, 4.69) is 4.72 Å². The number of carbonyl (C=O) groups excluding carboxylic acids is 1. The fraction of sp³-hybridized carbons (Fsp3) is 0.316. The summed E-state index contributed by atoms with van der Waals surface area (Å²) >= 11 is 0. The molecule has 0 aliphatic carbocycles. The molecule has 3 rings (SSSR count). The van der Waals surface area contributed by atoms with Gasteiger partial charge in [0.05, 0.1) is 10.6 Å². The van der Waals surface area contributed by atoms with Gasteiger partial charge in [-0.1, -0.05) is 18.2 Å². The molecule has 1 amide bonds. The molecule has 132 valence electrons. The Morgan fingerprint density at radius 2 is 1.88 bits per heavy atom. The third-order valence-corrected chi connectivity index (χ3v) is 5.99. The van der Waals surface area contributed by atoms with Crippen molar-refractivity contribution in [2.24, 2.45) is 0 Å². The largest absolute Gasteiger partial charge is 0.312 e. The Hall–Kier alpha value is -2.34. The number of aryl methyl sites for hydroxylation is 3. The summed E-state index contributed by atoms with van der Waals surface area (Å²) in [7, 11) is -3.68. The number of rotatable bonds is 3. The molecule has 0 atom stereocenters. The van der Waals surface area contributed by atoms with Gasteiger partial charge in [0, 0.05) is 19.2 Å². The van der Waals surface area contributed by atoms with Gasteiger partial charge in [0.25, 0.3) is 10.0 Å². The molecule has 0 bridgehead atoms. The quantitative estimate of drug-likeness (QED) is 0.914. The number of hydrogen-bond acceptors (Lipinski definition) is 3. The predicted octanol–water partition coefficient (Wildman–Crippen LogP) is 3.40. The van der Waals surface area contributed by atoms with Crippen molar-refractivity contribution >= 4 is 27.3 Å². The van der Waals surface area contributed by atoms with Crippen LogP contribution in [-0.4, -0.2) is 20.9 Å². The number of fused-ring (bicyclic) bond motifs is 1. The highest BCUT2D eigenvalue weighted by atomic mass is 32.2. The van der Waals surface area contributed by atoms with Crippen LogP contribution >= 0.6 is 0 Å². The van der Waals surface area contributed by atoms with Crippen LogP contribution in [0.2, 0.25) is 0 Å². The van der Waals surface area contributed by atoms with Gasteiger partial charge in [-0.15, -0.1) is 0 Å². The highest BCUT2D eigenvalue weighted by molar-refractivity contribution is 7.92. The van der Waals surface area contributed by atoms with Crippen molar-refractivity contribution in [2.45, 2.75) is 38.5 Å². The van der Waals surface area contributed by atoms with Crippen LogP contribution in [0.4, 0.5) is 11.4 Å². The molecule has 0 spiro atoms. The third-order valence-electron chi connectivity index (χ3n) is 4.47. The first-order valence-electron chi connectivity index (χ1n) is 8.29. The van der Waals surface area contributed by atoms with E-state index in [0.717, 1.165) is 29.7 Å². The minimum absolute atomic E-state index is 0.0320. The molecule has 0 radical (unpaired) electrons. The molecule has 0 unspecified atom stereocenters. The average molecular weight is 358 g/mol. The Kier molecular flexibility index (Phi) is 4.56. The zero-order valence-corrected chi connectivity index (χ0v) is 15.5. The smallest absolute Gasteiger partial charge is 0.262 e. The van der Waals surface area contributed by atoms with Crippen molar-refractivity contribution in [3.8, 4) is 0 Å². The molecule has 0 aromatic heterocycles. The summed E-state index contributed by atoms with van der Waals surface area (Å²) in [5.74, 6) is -0.0320. The summed E-state index contributed by atoms with van der Waals surface area (Å²) in [6.07, 6.45) is 1.81. The fourth-order valence-corrected chi connectivity index (χ4v) is 4.55. The lowest BCUT2D eigenvalue weighted by Crippen LogP contribution is -2.33. The summed E-state index contributed by atoms with van der Waals surface area (Å²) in [6, 6.07) is 10.7. The maximum atomic E-state index is 12.8. The van der Waals surface area contributed by atoms with Crippen LogP contribution in [0.1, 0.15) is 30.0 Å². The van der Waals surface area contributed by atoms with Crippen LogP contribution in [-0.2, 0) is 21.2 Å². The summed E-state index contributed by atoms with van der Waals surface area (Å²) in [5, 5.41) is 0. The van der Waals surface area contributed by atoms with E-state index in [1.165, 1.54) is 6.92 Å². The first kappa shape index (κ1) is 17.5. The average Bonchev–Trinajstić information content (AvgIpc) is 2.55. The van der Waals surface area contributed by atoms with Crippen LogP contribution in [0.15, 0.2) is 41.3 Å². The van der Waals surface area contributed by atoms with Crippen molar-refractivity contribution in [1.29, 1.82) is 0 Å². The molecule has 25 heavy (non-hydrogen) atoms. The zero-order chi connectivity index (χ0) is 18.2. The molecule has 0 saturated heterocycles. The topological polar surface area (TPSA) is 66.5 Å². The molecule has 1 heterocycles. The fourth-order valence-electron chi connectivity index (χ4n) is 3.17. The molecular weight excluding hydrogens is 336 g/mol. The van der Waals surface area contributed by atoms with Crippen molar-refractivity contribution < 1.29 is 13.2 Å². The summed E-state index contributed by atoms with van der Waals surface area (Å²) < 4.78 is 28.2. The second kappa shape index (κ2) is 6.52. The molecule has 2 aromatic carbocycles. The van der Waals surface area contributed by atoms with Crippen molar-refractivity contribution in [2.75, 3.05) is 16.2 Å². The summed E-state index contributed by atoms with van der Waals surface area (Å²) in [6.45, 7) is 5.83. The molecule has 0 fully saturated rings. The molecule has 2 aromatic rings. The normalized spacial score (nSPS) is 14.1. The van der Waals surface area contributed by atoms with Gasteiger partial charge in [-0.3, -0.25) is 9.52 Å². The van der Waals surface area contributed by atoms with E-state index in [1.807, 2.05) is 19.1 Å². The number of carbonyl (C=O) groups is 1. The maximum absolute atomic E-state index is 12.8. The van der Waals surface area contributed by atoms with Gasteiger partial charge in [-0.2, -0.15) is 0 Å². The Bertz CT molecular complexity index is 936. The number of amides is 1. The molecule has 6 heteroatoms. The molecule has 1 aliphatic rings. The van der Waals surface area contributed by atoms with Crippen molar-refractivity contribution in [1.82, 2.24) is 0 Å². The number of hydrogen-bond donors (Lipinski definition) is 1. The first-order valence-corrected chi connectivity index (χ1v) is 9.77. The number of nitrogens with one attached hydrogen (secondary N) is 1. The van der Waals surface area contributed by atoms with E-state index in [1.54, 1.807) is 36.1 Å². The minimum atomic E-state index is -3.68. The first-order chi connectivity index (χ1) is 11.8. The van der Waals surface area contributed by atoms with E-state index in [4.69, 9.17) is 0 Å². The van der Waals surface area contributed by atoms with Gasteiger partial charge in [0.1, 0.15) is 0 Å². The lowest BCUT2D eigenvalue weighted by Gasteiger charge is -2.29. The van der Waals surface area contributed by atoms with Crippen LogP contribution in [0.3, 0.4) is 0 Å². The van der Waals surface area contributed by atoms with Gasteiger partial charge >= 0.3 is 0 Å². The van der Waals surface area contributed by atoms with E-state index >= 15 is 0 Å². The van der Waals surface area contributed by atoms with Gasteiger partial charge in [-0.05, 0) is 61.6 Å². The van der Waals surface area contributed by atoms with Crippen LogP contribution in [0.25, 0.3) is 0 Å². The van der Waals surface area contributed by atoms with Gasteiger partial charge < -0.3 is 4.90 Å². The summed E-state index contributed by atoms with van der Waals surface area (Å²) in [4.78, 5) is 13.8. The monoisotopic (exact) mass is 358 g/mol. The van der Waals surface area contributed by atoms with Crippen LogP contribution in [0, 0.1) is 13.8 Å². The Balaban J connectivity index is 1.97. The highest BCUT2D eigenvalue weighted by Crippen LogP contribution is 2.31. The molecule has 0 saturated carbocycles. The Labute approximate surface area is 148 Å². The zero-order valence-electron chi connectivity index (χ0n) is 14.7. The highest BCUT2D eigenvalue weighted by Gasteiger charge is 2.22. The Morgan fingerprint density at radius 3 is 2.60 bits per heavy atom. The van der Waals surface area contributed by atoms with Crippen molar-refractivity contribution in [3.05, 3.63) is 53.1 Å². The second-order valence-electron chi connectivity index (χ2n) is 6.49. The molecule has 5 nitrogen and oxygen atoms in total. The second-order valence-corrected chi connectivity index (χ2v) is 8.14. The molecular formula is C19H22N2O3S. The SMILES string of the molecule is CC(=O)N1CCCc2ccc(NS(=O)(=O)c3cc(C)ccc3C)cc21. The molecule has 1 N–H and O–H groups in total. The van der Waals surface area contributed by atoms with E-state index < -0.39 is 10.0 Å². The maximum Gasteiger partial charge on any atom is 0.262 e. The summed E-state index contributed by atoms with van der Waals surface area (Å²) in [5.41, 5.74) is 3.91. The van der Waals surface area contributed by atoms with Crippen LogP contribution in [0.5, 0.6) is 0 Å². The number of anilines is 2. The number of benzene rings is 2. The molecule has 1 aliphatic heterocycles. The van der Waals surface area contributed by atoms with Gasteiger partial charge in [0.15, 0.2) is 0 Å². The predicted molar refractivity (Wildman–Crippen MR) is 99.5 cm³/mol. The van der Waals surface area contributed by atoms with Crippen LogP contribution < -0.4 is 9.62 Å². The van der Waals surface area contributed by atoms with E-state index in [-0.39, 0.29) is 10.8 Å². The Morgan fingerprint density at radius 1 is 1.12 bits per heavy atom. The lowest BCUT2D eigenvalue weighted by molar-refractivity contribution is -0.116.